The fourth-order valence-electron chi connectivity index (χ4n) is 4.85. The number of rotatable bonds is 3. The molecule has 2 heteroatoms. The van der Waals surface area contributed by atoms with Gasteiger partial charge in [0.1, 0.15) is 6.54 Å². The molecule has 0 aliphatic carbocycles. The summed E-state index contributed by atoms with van der Waals surface area (Å²) in [5.74, 6) is 1.85. The van der Waals surface area contributed by atoms with E-state index in [4.69, 9.17) is 0 Å². The summed E-state index contributed by atoms with van der Waals surface area (Å²) in [4.78, 5) is 3.71. The number of hydrogen-bond acceptors (Lipinski definition) is 0. The molecule has 3 atom stereocenters. The van der Waals surface area contributed by atoms with Crippen LogP contribution in [0.25, 0.3) is 0 Å². The van der Waals surface area contributed by atoms with Gasteiger partial charge < -0.3 is 9.80 Å². The molecule has 2 heterocycles. The Labute approximate surface area is 136 Å². The fourth-order valence-corrected chi connectivity index (χ4v) is 4.85. The van der Waals surface area contributed by atoms with Crippen LogP contribution in [0.5, 0.6) is 0 Å². The summed E-state index contributed by atoms with van der Waals surface area (Å²) in [5.41, 5.74) is 3.00. The van der Waals surface area contributed by atoms with E-state index in [0.29, 0.717) is 0 Å². The van der Waals surface area contributed by atoms with Crippen LogP contribution in [0.4, 0.5) is 0 Å². The van der Waals surface area contributed by atoms with Crippen molar-refractivity contribution < 1.29 is 9.80 Å². The van der Waals surface area contributed by atoms with Gasteiger partial charge in [-0.3, -0.25) is 0 Å². The molecule has 1 aromatic carbocycles. The second-order valence-corrected chi connectivity index (χ2v) is 8.14. The lowest BCUT2D eigenvalue weighted by molar-refractivity contribution is -0.969. The molecule has 3 rings (SSSR count). The largest absolute Gasteiger partial charge is 0.332 e. The van der Waals surface area contributed by atoms with E-state index in [2.05, 4.69) is 45.0 Å². The minimum absolute atomic E-state index is 0.927. The molecule has 0 radical (unpaired) electrons. The lowest BCUT2D eigenvalue weighted by Gasteiger charge is -2.39. The van der Waals surface area contributed by atoms with Crippen molar-refractivity contribution in [1.29, 1.82) is 0 Å². The molecule has 0 saturated carbocycles. The SMILES string of the molecule is Cc1ccccc1C[NH+]1CCC([NH+]2C[C@H](C)C[C@H](C)C2)CC1. The van der Waals surface area contributed by atoms with Crippen LogP contribution in [-0.2, 0) is 6.54 Å². The van der Waals surface area contributed by atoms with Crippen LogP contribution in [-0.4, -0.2) is 32.2 Å². The third-order valence-corrected chi connectivity index (χ3v) is 6.00. The zero-order valence-corrected chi connectivity index (χ0v) is 14.7. The Morgan fingerprint density at radius 3 is 2.27 bits per heavy atom. The van der Waals surface area contributed by atoms with Gasteiger partial charge in [-0.1, -0.05) is 38.1 Å². The molecule has 2 fully saturated rings. The van der Waals surface area contributed by atoms with E-state index in [1.165, 1.54) is 57.5 Å². The molecule has 2 nitrogen and oxygen atoms in total. The predicted octanol–water partition coefficient (Wildman–Crippen LogP) is 1.10. The maximum Gasteiger partial charge on any atom is 0.103 e. The van der Waals surface area contributed by atoms with Crippen LogP contribution in [0.15, 0.2) is 24.3 Å². The van der Waals surface area contributed by atoms with Crippen molar-refractivity contribution in [3.05, 3.63) is 35.4 Å². The summed E-state index contributed by atoms with van der Waals surface area (Å²) < 4.78 is 0. The van der Waals surface area contributed by atoms with Gasteiger partial charge in [-0.25, -0.2) is 0 Å². The van der Waals surface area contributed by atoms with Gasteiger partial charge in [-0.05, 0) is 18.9 Å². The maximum atomic E-state index is 2.45. The lowest BCUT2D eigenvalue weighted by Crippen LogP contribution is -3.21. The minimum Gasteiger partial charge on any atom is -0.332 e. The first kappa shape index (κ1) is 16.0. The van der Waals surface area contributed by atoms with E-state index in [1.54, 1.807) is 10.5 Å². The van der Waals surface area contributed by atoms with Gasteiger partial charge in [0, 0.05) is 30.2 Å². The van der Waals surface area contributed by atoms with E-state index in [-0.39, 0.29) is 0 Å². The number of aryl methyl sites for hydroxylation is 1. The summed E-state index contributed by atoms with van der Waals surface area (Å²) in [5, 5.41) is 0. The van der Waals surface area contributed by atoms with Crippen molar-refractivity contribution in [3.8, 4) is 0 Å². The highest BCUT2D eigenvalue weighted by atomic mass is 15.2. The van der Waals surface area contributed by atoms with Crippen LogP contribution in [0.2, 0.25) is 0 Å². The molecule has 0 amide bonds. The minimum atomic E-state index is 0.927. The Balaban J connectivity index is 1.51. The smallest absolute Gasteiger partial charge is 0.103 e. The molecule has 0 spiro atoms. The number of piperidine rings is 2. The van der Waals surface area contributed by atoms with Gasteiger partial charge in [0.05, 0.1) is 32.2 Å². The summed E-state index contributed by atoms with van der Waals surface area (Å²) in [7, 11) is 0. The number of nitrogens with one attached hydrogen (secondary N) is 2. The van der Waals surface area contributed by atoms with Crippen molar-refractivity contribution in [3.63, 3.8) is 0 Å². The Morgan fingerprint density at radius 2 is 1.64 bits per heavy atom. The average molecular weight is 303 g/mol. The molecule has 2 aliphatic rings. The van der Waals surface area contributed by atoms with E-state index in [9.17, 15) is 0 Å². The van der Waals surface area contributed by atoms with Crippen molar-refractivity contribution in [2.75, 3.05) is 26.2 Å². The highest BCUT2D eigenvalue weighted by Gasteiger charge is 2.34. The number of benzene rings is 1. The summed E-state index contributed by atoms with van der Waals surface area (Å²) in [6, 6.07) is 9.85. The molecule has 1 unspecified atom stereocenters. The maximum absolute atomic E-state index is 2.45. The molecule has 2 saturated heterocycles. The Morgan fingerprint density at radius 1 is 1.00 bits per heavy atom. The quantitative estimate of drug-likeness (QED) is 0.827. The lowest BCUT2D eigenvalue weighted by atomic mass is 9.89. The van der Waals surface area contributed by atoms with Crippen LogP contribution < -0.4 is 9.80 Å². The van der Waals surface area contributed by atoms with Crippen molar-refractivity contribution in [1.82, 2.24) is 0 Å². The first-order valence-corrected chi connectivity index (χ1v) is 9.34. The van der Waals surface area contributed by atoms with Gasteiger partial charge >= 0.3 is 0 Å². The topological polar surface area (TPSA) is 8.88 Å². The molecular formula is C20H34N2+2. The summed E-state index contributed by atoms with van der Waals surface area (Å²) >= 11 is 0. The van der Waals surface area contributed by atoms with E-state index < -0.39 is 0 Å². The third kappa shape index (κ3) is 3.91. The van der Waals surface area contributed by atoms with Crippen LogP contribution in [0.1, 0.15) is 44.2 Å². The van der Waals surface area contributed by atoms with Crippen molar-refractivity contribution in [2.45, 2.75) is 52.6 Å². The summed E-state index contributed by atoms with van der Waals surface area (Å²) in [6.45, 7) is 14.0. The molecule has 22 heavy (non-hydrogen) atoms. The van der Waals surface area contributed by atoms with Gasteiger partial charge in [-0.15, -0.1) is 0 Å². The molecule has 2 aliphatic heterocycles. The number of quaternary nitrogens is 2. The predicted molar refractivity (Wildman–Crippen MR) is 92.2 cm³/mol. The second-order valence-electron chi connectivity index (χ2n) is 8.14. The highest BCUT2D eigenvalue weighted by Crippen LogP contribution is 2.13. The molecular weight excluding hydrogens is 268 g/mol. The number of hydrogen-bond donors (Lipinski definition) is 2. The van der Waals surface area contributed by atoms with E-state index >= 15 is 0 Å². The Hall–Kier alpha value is -0.860. The zero-order chi connectivity index (χ0) is 15.5. The summed E-state index contributed by atoms with van der Waals surface area (Å²) in [6.07, 6.45) is 4.30. The molecule has 0 bridgehead atoms. The van der Waals surface area contributed by atoms with E-state index in [0.717, 1.165) is 17.9 Å². The normalized spacial score (nSPS) is 36.2. The Bertz CT molecular complexity index is 466. The second kappa shape index (κ2) is 7.14. The van der Waals surface area contributed by atoms with Crippen molar-refractivity contribution in [2.24, 2.45) is 11.8 Å². The van der Waals surface area contributed by atoms with Gasteiger partial charge in [0.2, 0.25) is 0 Å². The Kier molecular flexibility index (Phi) is 5.20. The van der Waals surface area contributed by atoms with E-state index in [1.807, 2.05) is 4.90 Å². The molecule has 0 aromatic heterocycles. The molecule has 122 valence electrons. The molecule has 1 aromatic rings. The number of likely N-dealkylation sites (tertiary alicyclic amines) is 2. The van der Waals surface area contributed by atoms with Crippen LogP contribution >= 0.6 is 0 Å². The van der Waals surface area contributed by atoms with Crippen molar-refractivity contribution >= 4 is 0 Å². The third-order valence-electron chi connectivity index (χ3n) is 6.00. The van der Waals surface area contributed by atoms with Crippen LogP contribution in [0, 0.1) is 18.8 Å². The average Bonchev–Trinajstić information content (AvgIpc) is 2.49. The first-order chi connectivity index (χ1) is 10.6. The monoisotopic (exact) mass is 302 g/mol. The molecule has 2 N–H and O–H groups in total. The standard InChI is InChI=1S/C20H32N2/c1-16-12-17(2)14-22(13-16)20-8-10-21(11-9-20)15-19-7-5-4-6-18(19)3/h4-7,16-17,20H,8-15H2,1-3H3/p+2/t16-,17+. The van der Waals surface area contributed by atoms with Gasteiger partial charge in [-0.2, -0.15) is 0 Å². The first-order valence-electron chi connectivity index (χ1n) is 9.34. The highest BCUT2D eigenvalue weighted by molar-refractivity contribution is 5.24. The van der Waals surface area contributed by atoms with Gasteiger partial charge in [0.15, 0.2) is 0 Å². The fraction of sp³-hybridized carbons (Fsp3) is 0.700. The van der Waals surface area contributed by atoms with Gasteiger partial charge in [0.25, 0.3) is 0 Å². The van der Waals surface area contributed by atoms with Crippen LogP contribution in [0.3, 0.4) is 0 Å². The zero-order valence-electron chi connectivity index (χ0n) is 14.7.